The number of hydrogen-bond donors (Lipinski definition) is 0. The number of esters is 1. The van der Waals surface area contributed by atoms with E-state index in [9.17, 15) is 4.79 Å². The van der Waals surface area contributed by atoms with E-state index in [0.29, 0.717) is 12.5 Å². The Morgan fingerprint density at radius 2 is 2.12 bits per heavy atom. The lowest BCUT2D eigenvalue weighted by Crippen LogP contribution is -2.57. The largest absolute Gasteiger partial charge is 0.472 e. The number of carbonyl (C=O) groups is 1. The summed E-state index contributed by atoms with van der Waals surface area (Å²) in [7, 11) is 0. The van der Waals surface area contributed by atoms with Crippen LogP contribution in [-0.2, 0) is 23.7 Å². The summed E-state index contributed by atoms with van der Waals surface area (Å²) in [4.78, 5) is 12.4. The number of ether oxygens (including phenoxy) is 4. The third-order valence-corrected chi connectivity index (χ3v) is 8.06. The molecule has 9 atom stereocenters. The van der Waals surface area contributed by atoms with Gasteiger partial charge >= 0.3 is 5.97 Å². The second-order valence-electron chi connectivity index (χ2n) is 8.85. The average molecular weight is 356 g/mol. The highest BCUT2D eigenvalue weighted by Gasteiger charge is 2.79. The molecular formula is C20H20O6. The normalized spacial score (nSPS) is 55.5. The summed E-state index contributed by atoms with van der Waals surface area (Å²) in [5.41, 5.74) is 1.44. The van der Waals surface area contributed by atoms with E-state index in [1.54, 1.807) is 12.5 Å². The molecular weight excluding hydrogens is 336 g/mol. The average Bonchev–Trinajstić information content (AvgIpc) is 2.93. The van der Waals surface area contributed by atoms with Gasteiger partial charge in [-0.3, -0.25) is 0 Å². The molecule has 2 spiro atoms. The van der Waals surface area contributed by atoms with Crippen molar-refractivity contribution in [2.45, 2.75) is 50.5 Å². The molecule has 0 aromatic carbocycles. The van der Waals surface area contributed by atoms with Gasteiger partial charge in [-0.2, -0.15) is 0 Å². The van der Waals surface area contributed by atoms with Gasteiger partial charge in [0.25, 0.3) is 0 Å². The Kier molecular flexibility index (Phi) is 2.37. The highest BCUT2D eigenvalue weighted by molar-refractivity contribution is 5.93. The quantitative estimate of drug-likeness (QED) is 0.568. The molecule has 26 heavy (non-hydrogen) atoms. The van der Waals surface area contributed by atoms with E-state index in [1.807, 2.05) is 12.1 Å². The third-order valence-electron chi connectivity index (χ3n) is 8.06. The summed E-state index contributed by atoms with van der Waals surface area (Å²) >= 11 is 0. The summed E-state index contributed by atoms with van der Waals surface area (Å²) < 4.78 is 29.7. The Bertz CT molecular complexity index is 844. The van der Waals surface area contributed by atoms with Crippen LogP contribution in [0.4, 0.5) is 0 Å². The monoisotopic (exact) mass is 356 g/mol. The standard InChI is InChI=1S/C20H20O6/c1-9-13-5-19-8-23-17(21)11(19)4-12-15(24-12)16(19)20(9)6-14(26-18(20)25-13)10-2-3-22-7-10/h2-4,7,9,12-16,18H,5-6,8H2,1H3/t9-,12+,13-,14-,15+,16?,18-,19-,20-/m1/s1. The van der Waals surface area contributed by atoms with Crippen LogP contribution < -0.4 is 0 Å². The van der Waals surface area contributed by atoms with E-state index in [4.69, 9.17) is 23.4 Å². The molecule has 2 aliphatic carbocycles. The number of fused-ring (bicyclic) bond motifs is 3. The Labute approximate surface area is 150 Å². The number of furan rings is 1. The van der Waals surface area contributed by atoms with Gasteiger partial charge in [0, 0.05) is 27.9 Å². The first-order valence-electron chi connectivity index (χ1n) is 9.51. The van der Waals surface area contributed by atoms with Gasteiger partial charge in [0.2, 0.25) is 0 Å². The van der Waals surface area contributed by atoms with E-state index >= 15 is 0 Å². The molecule has 6 nitrogen and oxygen atoms in total. The minimum Gasteiger partial charge on any atom is -0.472 e. The van der Waals surface area contributed by atoms with Crippen molar-refractivity contribution in [3.63, 3.8) is 0 Å². The molecule has 6 heteroatoms. The number of rotatable bonds is 1. The van der Waals surface area contributed by atoms with Crippen LogP contribution in [0.15, 0.2) is 34.7 Å². The Hall–Kier alpha value is -1.63. The van der Waals surface area contributed by atoms with Crippen molar-refractivity contribution >= 4 is 5.97 Å². The molecule has 1 saturated carbocycles. The van der Waals surface area contributed by atoms with Gasteiger partial charge in [-0.25, -0.2) is 4.79 Å². The van der Waals surface area contributed by atoms with Crippen LogP contribution in [-0.4, -0.2) is 37.2 Å². The van der Waals surface area contributed by atoms with E-state index in [2.05, 4.69) is 6.92 Å². The summed E-state index contributed by atoms with van der Waals surface area (Å²) in [6.07, 6.45) is 7.13. The van der Waals surface area contributed by atoms with Crippen LogP contribution in [0, 0.1) is 22.7 Å². The topological polar surface area (TPSA) is 70.4 Å². The zero-order valence-corrected chi connectivity index (χ0v) is 14.4. The highest BCUT2D eigenvalue weighted by atomic mass is 16.7. The van der Waals surface area contributed by atoms with Gasteiger partial charge in [-0.1, -0.05) is 6.92 Å². The second-order valence-corrected chi connectivity index (χ2v) is 8.85. The zero-order valence-electron chi connectivity index (χ0n) is 14.4. The first kappa shape index (κ1) is 14.4. The minimum atomic E-state index is -0.282. The fourth-order valence-electron chi connectivity index (χ4n) is 6.90. The fraction of sp³-hybridized carbons (Fsp3) is 0.650. The van der Waals surface area contributed by atoms with Crippen molar-refractivity contribution in [2.24, 2.45) is 22.7 Å². The van der Waals surface area contributed by atoms with Gasteiger partial charge in [-0.05, 0) is 30.9 Å². The van der Waals surface area contributed by atoms with E-state index < -0.39 is 0 Å². The number of carbonyl (C=O) groups excluding carboxylic acids is 1. The molecule has 1 aromatic heterocycles. The molecule has 6 aliphatic rings. The van der Waals surface area contributed by atoms with Gasteiger partial charge < -0.3 is 23.4 Å². The Balaban J connectivity index is 1.40. The smallest absolute Gasteiger partial charge is 0.334 e. The molecule has 0 amide bonds. The lowest BCUT2D eigenvalue weighted by molar-refractivity contribution is -0.151. The fourth-order valence-corrected chi connectivity index (χ4v) is 6.90. The van der Waals surface area contributed by atoms with Gasteiger partial charge in [0.1, 0.15) is 12.7 Å². The molecule has 0 N–H and O–H groups in total. The number of hydrogen-bond acceptors (Lipinski definition) is 6. The summed E-state index contributed by atoms with van der Waals surface area (Å²) in [6.45, 7) is 2.73. The summed E-state index contributed by atoms with van der Waals surface area (Å²) in [5.74, 6) is 0.387. The molecule has 1 unspecified atom stereocenters. The minimum absolute atomic E-state index is 0.0399. The first-order valence-corrected chi connectivity index (χ1v) is 9.51. The highest BCUT2D eigenvalue weighted by Crippen LogP contribution is 2.74. The lowest BCUT2D eigenvalue weighted by Gasteiger charge is -2.52. The van der Waals surface area contributed by atoms with Gasteiger partial charge in [0.15, 0.2) is 6.29 Å². The lowest BCUT2D eigenvalue weighted by atomic mass is 9.46. The Morgan fingerprint density at radius 3 is 2.96 bits per heavy atom. The molecule has 4 saturated heterocycles. The zero-order chi connectivity index (χ0) is 17.3. The summed E-state index contributed by atoms with van der Waals surface area (Å²) in [5, 5.41) is 0. The van der Waals surface area contributed by atoms with Crippen molar-refractivity contribution in [1.29, 1.82) is 0 Å². The van der Waals surface area contributed by atoms with E-state index in [1.165, 1.54) is 0 Å². The van der Waals surface area contributed by atoms with Crippen molar-refractivity contribution in [3.05, 3.63) is 35.8 Å². The van der Waals surface area contributed by atoms with Crippen molar-refractivity contribution < 1.29 is 28.2 Å². The maximum atomic E-state index is 12.4. The van der Waals surface area contributed by atoms with Crippen LogP contribution in [0.2, 0.25) is 0 Å². The maximum absolute atomic E-state index is 12.4. The van der Waals surface area contributed by atoms with Crippen LogP contribution in [0.3, 0.4) is 0 Å². The maximum Gasteiger partial charge on any atom is 0.334 e. The van der Waals surface area contributed by atoms with E-state index in [0.717, 1.165) is 24.0 Å². The molecule has 5 heterocycles. The third kappa shape index (κ3) is 1.40. The molecule has 2 bridgehead atoms. The molecule has 4 aliphatic heterocycles. The second kappa shape index (κ2) is 4.26. The molecule has 0 radical (unpaired) electrons. The molecule has 1 aromatic rings. The Morgan fingerprint density at radius 1 is 1.19 bits per heavy atom. The predicted octanol–water partition coefficient (Wildman–Crippen LogP) is 2.36. The van der Waals surface area contributed by atoms with Crippen molar-refractivity contribution in [2.75, 3.05) is 6.61 Å². The number of cyclic esters (lactones) is 1. The molecule has 136 valence electrons. The van der Waals surface area contributed by atoms with E-state index in [-0.39, 0.29) is 53.4 Å². The van der Waals surface area contributed by atoms with Crippen molar-refractivity contribution in [1.82, 2.24) is 0 Å². The SMILES string of the molecule is C[C@@H]1[C@H]2C[C@@]34COC(=O)C3=C[C@@H]3O[C@@H]3C4[C@@]13C[C@H](c1ccoc1)O[C@H]3O2. The van der Waals surface area contributed by atoms with Crippen LogP contribution in [0.25, 0.3) is 0 Å². The van der Waals surface area contributed by atoms with Crippen LogP contribution in [0.1, 0.15) is 31.4 Å². The molecule has 7 rings (SSSR count). The van der Waals surface area contributed by atoms with Crippen molar-refractivity contribution in [3.8, 4) is 0 Å². The molecule has 5 fully saturated rings. The van der Waals surface area contributed by atoms with Gasteiger partial charge in [0.05, 0.1) is 30.8 Å². The predicted molar refractivity (Wildman–Crippen MR) is 85.7 cm³/mol. The summed E-state index contributed by atoms with van der Waals surface area (Å²) in [6, 6.07) is 1.97. The van der Waals surface area contributed by atoms with Crippen LogP contribution in [0.5, 0.6) is 0 Å². The number of epoxide rings is 1. The van der Waals surface area contributed by atoms with Gasteiger partial charge in [-0.15, -0.1) is 0 Å². The van der Waals surface area contributed by atoms with Crippen LogP contribution >= 0.6 is 0 Å². The first-order chi connectivity index (χ1) is 12.6.